The Hall–Kier alpha value is -1.42. The van der Waals surface area contributed by atoms with E-state index in [0.29, 0.717) is 0 Å². The summed E-state index contributed by atoms with van der Waals surface area (Å²) >= 11 is 0. The van der Waals surface area contributed by atoms with Crippen LogP contribution in [0.1, 0.15) is 49.9 Å². The molecule has 10 nitrogen and oxygen atoms in total. The molecule has 0 aromatic heterocycles. The van der Waals surface area contributed by atoms with Crippen LogP contribution < -0.4 is 0 Å². The van der Waals surface area contributed by atoms with E-state index in [2.05, 4.69) is 0 Å². The van der Waals surface area contributed by atoms with Crippen molar-refractivity contribution in [1.82, 2.24) is 0 Å². The monoisotopic (exact) mass is 544 g/mol. The minimum absolute atomic E-state index is 0.0149. The van der Waals surface area contributed by atoms with Crippen LogP contribution in [0.5, 0.6) is 0 Å². The van der Waals surface area contributed by atoms with Gasteiger partial charge in [-0.2, -0.15) is 0 Å². The number of aryl methyl sites for hydroxylation is 2. The van der Waals surface area contributed by atoms with Gasteiger partial charge in [0.25, 0.3) is 0 Å². The Morgan fingerprint density at radius 1 is 0.583 bits per heavy atom. The first-order chi connectivity index (χ1) is 17.3. The summed E-state index contributed by atoms with van der Waals surface area (Å²) < 4.78 is 46.1. The Labute approximate surface area is 211 Å². The van der Waals surface area contributed by atoms with Gasteiger partial charge in [0.2, 0.25) is 0 Å². The van der Waals surface area contributed by atoms with Crippen LogP contribution in [-0.4, -0.2) is 26.4 Å². The highest BCUT2D eigenvalue weighted by atomic mass is 31.2. The molecule has 36 heavy (non-hydrogen) atoms. The van der Waals surface area contributed by atoms with Crippen molar-refractivity contribution in [3.63, 3.8) is 0 Å². The molecule has 3 rings (SSSR count). The zero-order chi connectivity index (χ0) is 26.0. The van der Waals surface area contributed by atoms with E-state index in [1.807, 2.05) is 36.4 Å². The molecule has 12 heteroatoms. The molecule has 0 heterocycles. The summed E-state index contributed by atoms with van der Waals surface area (Å²) in [6, 6.07) is 11.8. The van der Waals surface area contributed by atoms with Crippen LogP contribution in [0.15, 0.2) is 36.4 Å². The highest BCUT2D eigenvalue weighted by molar-refractivity contribution is 7.53. The average molecular weight is 544 g/mol. The lowest BCUT2D eigenvalue weighted by molar-refractivity contribution is -0.263. The summed E-state index contributed by atoms with van der Waals surface area (Å²) in [7, 11) is -7.27. The molecular weight excluding hydrogens is 510 g/mol. The third-order valence-electron chi connectivity index (χ3n) is 5.18. The van der Waals surface area contributed by atoms with Crippen LogP contribution >= 0.6 is 15.2 Å². The molecule has 1 aliphatic carbocycles. The topological polar surface area (TPSA) is 108 Å². The lowest BCUT2D eigenvalue weighted by Gasteiger charge is -2.23. The molecule has 0 unspecified atom stereocenters. The van der Waals surface area contributed by atoms with Crippen molar-refractivity contribution in [3.05, 3.63) is 58.7 Å². The second kappa shape index (κ2) is 13.9. The first kappa shape index (κ1) is 29.1. The molecule has 0 amide bonds. The molecule has 0 N–H and O–H groups in total. The molecule has 0 spiro atoms. The molecule has 2 aromatic carbocycles. The fraction of sp³-hybridized carbons (Fsp3) is 0.500. The maximum atomic E-state index is 13.0. The van der Waals surface area contributed by atoms with Crippen molar-refractivity contribution >= 4 is 15.2 Å². The molecule has 0 saturated carbocycles. The van der Waals surface area contributed by atoms with Crippen molar-refractivity contribution in [2.45, 2.75) is 52.9 Å². The summed E-state index contributed by atoms with van der Waals surface area (Å²) in [6.45, 7) is 7.82. The zero-order valence-electron chi connectivity index (χ0n) is 21.1. The molecule has 2 aromatic rings. The minimum atomic E-state index is -3.63. The summed E-state index contributed by atoms with van der Waals surface area (Å²) in [5.41, 5.74) is 5.99. The van der Waals surface area contributed by atoms with Crippen LogP contribution in [0.25, 0.3) is 11.1 Å². The molecule has 0 radical (unpaired) electrons. The van der Waals surface area contributed by atoms with Crippen LogP contribution in [-0.2, 0) is 72.5 Å². The predicted molar refractivity (Wildman–Crippen MR) is 133 cm³/mol. The van der Waals surface area contributed by atoms with E-state index in [1.54, 1.807) is 27.7 Å². The quantitative estimate of drug-likeness (QED) is 0.128. The molecule has 1 aliphatic rings. The Kier molecular flexibility index (Phi) is 11.3. The second-order valence-corrected chi connectivity index (χ2v) is 11.6. The Balaban J connectivity index is 1.79. The van der Waals surface area contributed by atoms with E-state index < -0.39 is 15.2 Å². The van der Waals surface area contributed by atoms with Gasteiger partial charge in [-0.05, 0) is 73.9 Å². The van der Waals surface area contributed by atoms with E-state index in [9.17, 15) is 9.13 Å². The Morgan fingerprint density at radius 2 is 0.917 bits per heavy atom. The zero-order valence-corrected chi connectivity index (χ0v) is 22.9. The van der Waals surface area contributed by atoms with Gasteiger partial charge in [0, 0.05) is 0 Å². The van der Waals surface area contributed by atoms with Gasteiger partial charge < -0.3 is 0 Å². The van der Waals surface area contributed by atoms with Crippen LogP contribution in [0.2, 0.25) is 0 Å². The largest absolute Gasteiger partial charge is 0.388 e. The fourth-order valence-electron chi connectivity index (χ4n) is 3.81. The number of hydrogen-bond donors (Lipinski definition) is 0. The number of rotatable bonds is 16. The highest BCUT2D eigenvalue weighted by Gasteiger charge is 2.31. The highest BCUT2D eigenvalue weighted by Crippen LogP contribution is 2.53. The second-order valence-electron chi connectivity index (χ2n) is 7.95. The SMILES string of the molecule is CCOOP(=O)(Cc1ccc2c(c1)CCc1cc(CP(=O)(OOCC)OOCC)ccc1-2)OOCC. The third-order valence-corrected chi connectivity index (χ3v) is 8.02. The Bertz CT molecular complexity index is 981. The normalized spacial score (nSPS) is 13.4. The van der Waals surface area contributed by atoms with Gasteiger partial charge in [-0.15, -0.1) is 18.7 Å². The van der Waals surface area contributed by atoms with Gasteiger partial charge in [-0.1, -0.05) is 36.4 Å². The third kappa shape index (κ3) is 8.04. The number of benzene rings is 2. The van der Waals surface area contributed by atoms with Gasteiger partial charge in [-0.3, -0.25) is 9.13 Å². The standard InChI is InChI=1S/C24H34O10P2/c1-5-27-31-35(25,32-28-6-2)17-19-9-13-23-21(15-19)11-12-22-16-20(10-14-24(22)23)18-36(26,33-29-7-3)34-30-8-4/h9-10,13-16H,5-8,11-12,17-18H2,1-4H3. The fourth-order valence-corrected chi connectivity index (χ4v) is 6.42. The van der Waals surface area contributed by atoms with Gasteiger partial charge in [0.05, 0.1) is 38.8 Å². The van der Waals surface area contributed by atoms with E-state index in [0.717, 1.165) is 46.2 Å². The summed E-state index contributed by atoms with van der Waals surface area (Å²) in [4.78, 5) is 19.6. The summed E-state index contributed by atoms with van der Waals surface area (Å²) in [5.74, 6) is 0. The van der Waals surface area contributed by atoms with Crippen LogP contribution in [0.3, 0.4) is 0 Å². The summed E-state index contributed by atoms with van der Waals surface area (Å²) in [6.07, 6.45) is 1.60. The number of fused-ring (bicyclic) bond motifs is 3. The van der Waals surface area contributed by atoms with E-state index in [1.165, 1.54) is 0 Å². The van der Waals surface area contributed by atoms with Crippen molar-refractivity contribution in [2.24, 2.45) is 0 Å². The van der Waals surface area contributed by atoms with Crippen molar-refractivity contribution in [1.29, 1.82) is 0 Å². The van der Waals surface area contributed by atoms with E-state index in [4.69, 9.17) is 38.2 Å². The smallest absolute Gasteiger partial charge is 0.255 e. The van der Waals surface area contributed by atoms with Crippen LogP contribution in [0.4, 0.5) is 0 Å². The van der Waals surface area contributed by atoms with Crippen LogP contribution in [0, 0.1) is 0 Å². The molecule has 200 valence electrons. The molecule has 0 bridgehead atoms. The first-order valence-electron chi connectivity index (χ1n) is 12.0. The van der Waals surface area contributed by atoms with Gasteiger partial charge >= 0.3 is 15.2 Å². The first-order valence-corrected chi connectivity index (χ1v) is 15.5. The average Bonchev–Trinajstić information content (AvgIpc) is 2.88. The van der Waals surface area contributed by atoms with Crippen molar-refractivity contribution < 1.29 is 47.4 Å². The Morgan fingerprint density at radius 3 is 1.22 bits per heavy atom. The maximum absolute atomic E-state index is 13.0. The van der Waals surface area contributed by atoms with Crippen molar-refractivity contribution in [3.8, 4) is 11.1 Å². The lowest BCUT2D eigenvalue weighted by atomic mass is 9.84. The van der Waals surface area contributed by atoms with Gasteiger partial charge in [-0.25, -0.2) is 19.6 Å². The van der Waals surface area contributed by atoms with E-state index in [-0.39, 0.29) is 38.8 Å². The minimum Gasteiger partial charge on any atom is -0.255 e. The molecule has 0 fully saturated rings. The van der Waals surface area contributed by atoms with Gasteiger partial charge in [0.1, 0.15) is 0 Å². The van der Waals surface area contributed by atoms with E-state index >= 15 is 0 Å². The molecule has 0 aliphatic heterocycles. The number of hydrogen-bond acceptors (Lipinski definition) is 10. The molecule has 0 saturated heterocycles. The van der Waals surface area contributed by atoms with Crippen molar-refractivity contribution in [2.75, 3.05) is 26.4 Å². The lowest BCUT2D eigenvalue weighted by Crippen LogP contribution is -2.07. The summed E-state index contributed by atoms with van der Waals surface area (Å²) in [5, 5.41) is 0. The molecule has 0 atom stereocenters. The van der Waals surface area contributed by atoms with Gasteiger partial charge in [0.15, 0.2) is 0 Å². The maximum Gasteiger partial charge on any atom is 0.388 e. The predicted octanol–water partition coefficient (Wildman–Crippen LogP) is 6.71. The molecular formula is C24H34O10P2.